The van der Waals surface area contributed by atoms with Gasteiger partial charge in [0.25, 0.3) is 0 Å². The predicted octanol–water partition coefficient (Wildman–Crippen LogP) is 2.34. The highest BCUT2D eigenvalue weighted by atomic mass is 19.4. The Kier molecular flexibility index (Phi) is 3.59. The Morgan fingerprint density at radius 1 is 1.47 bits per heavy atom. The Labute approximate surface area is 95.0 Å². The molecule has 0 spiro atoms. The number of alkyl halides is 3. The van der Waals surface area contributed by atoms with Crippen LogP contribution in [0.25, 0.3) is 0 Å². The van der Waals surface area contributed by atoms with E-state index in [2.05, 4.69) is 9.72 Å². The van der Waals surface area contributed by atoms with Crippen molar-refractivity contribution in [2.45, 2.75) is 20.0 Å². The molecule has 0 aliphatic carbocycles. The number of carbonyl (C=O) groups is 1. The summed E-state index contributed by atoms with van der Waals surface area (Å²) in [5.41, 5.74) is 0.353. The van der Waals surface area contributed by atoms with Crippen LogP contribution in [-0.2, 0) is 0 Å². The smallest absolute Gasteiger partial charge is 0.422 e. The van der Waals surface area contributed by atoms with Crippen molar-refractivity contribution < 1.29 is 27.8 Å². The van der Waals surface area contributed by atoms with Crippen LogP contribution in [0.2, 0.25) is 0 Å². The predicted molar refractivity (Wildman–Crippen MR) is 52.2 cm³/mol. The minimum Gasteiger partial charge on any atom is -0.477 e. The lowest BCUT2D eigenvalue weighted by molar-refractivity contribution is -0.154. The Morgan fingerprint density at radius 2 is 2.06 bits per heavy atom. The summed E-state index contributed by atoms with van der Waals surface area (Å²) in [6.07, 6.45) is -4.53. The number of hydrogen-bond donors (Lipinski definition) is 1. The van der Waals surface area contributed by atoms with Gasteiger partial charge in [-0.2, -0.15) is 13.2 Å². The highest BCUT2D eigenvalue weighted by Gasteiger charge is 2.30. The number of carboxylic acid groups (broad SMARTS) is 1. The molecular weight excluding hydrogens is 239 g/mol. The van der Waals surface area contributed by atoms with Gasteiger partial charge in [0.05, 0.1) is 0 Å². The number of nitrogens with zero attached hydrogens (tertiary/aromatic N) is 1. The lowest BCUT2D eigenvalue weighted by Crippen LogP contribution is -2.21. The summed E-state index contributed by atoms with van der Waals surface area (Å²) >= 11 is 0. The average Bonchev–Trinajstić information content (AvgIpc) is 2.11. The lowest BCUT2D eigenvalue weighted by atomic mass is 10.1. The zero-order chi connectivity index (χ0) is 13.2. The maximum atomic E-state index is 12.0. The van der Waals surface area contributed by atoms with Gasteiger partial charge in [-0.1, -0.05) is 0 Å². The number of aromatic nitrogens is 1. The summed E-state index contributed by atoms with van der Waals surface area (Å²) in [4.78, 5) is 14.5. The van der Waals surface area contributed by atoms with Gasteiger partial charge in [0.15, 0.2) is 6.61 Å². The molecule has 4 nitrogen and oxygen atoms in total. The molecule has 1 heterocycles. The zero-order valence-corrected chi connectivity index (χ0v) is 9.13. The molecule has 0 unspecified atom stereocenters. The van der Waals surface area contributed by atoms with Gasteiger partial charge < -0.3 is 9.84 Å². The minimum atomic E-state index is -4.53. The number of aromatic carboxylic acids is 1. The number of carboxylic acids is 1. The third-order valence-electron chi connectivity index (χ3n) is 1.90. The zero-order valence-electron chi connectivity index (χ0n) is 9.13. The minimum absolute atomic E-state index is 0.308. The Balaban J connectivity index is 3.09. The van der Waals surface area contributed by atoms with Crippen molar-refractivity contribution in [1.82, 2.24) is 4.98 Å². The van der Waals surface area contributed by atoms with Crippen LogP contribution in [0, 0.1) is 13.8 Å². The van der Waals surface area contributed by atoms with Gasteiger partial charge in [0, 0.05) is 5.69 Å². The lowest BCUT2D eigenvalue weighted by Gasteiger charge is -2.12. The van der Waals surface area contributed by atoms with E-state index in [1.807, 2.05) is 0 Å². The second kappa shape index (κ2) is 4.60. The fraction of sp³-hybridized carbons (Fsp3) is 0.400. The van der Waals surface area contributed by atoms with Crippen molar-refractivity contribution in [2.24, 2.45) is 0 Å². The number of rotatable bonds is 3. The molecule has 0 radical (unpaired) electrons. The number of aryl methyl sites for hydroxylation is 2. The first-order chi connectivity index (χ1) is 7.70. The van der Waals surface area contributed by atoms with Crippen molar-refractivity contribution in [3.05, 3.63) is 22.9 Å². The van der Waals surface area contributed by atoms with Gasteiger partial charge in [-0.25, -0.2) is 9.78 Å². The summed E-state index contributed by atoms with van der Waals surface area (Å²) in [7, 11) is 0. The number of pyridine rings is 1. The normalized spacial score (nSPS) is 11.4. The number of hydrogen-bond acceptors (Lipinski definition) is 3. The second-order valence-electron chi connectivity index (χ2n) is 3.47. The third kappa shape index (κ3) is 3.61. The molecule has 0 aliphatic rings. The SMILES string of the molecule is Cc1cc(C)c(C(=O)O)c(OCC(F)(F)F)n1. The first-order valence-corrected chi connectivity index (χ1v) is 4.62. The molecule has 1 aromatic heterocycles. The highest BCUT2D eigenvalue weighted by molar-refractivity contribution is 5.91. The summed E-state index contributed by atoms with van der Waals surface area (Å²) < 4.78 is 40.3. The monoisotopic (exact) mass is 249 g/mol. The molecule has 0 aromatic carbocycles. The summed E-state index contributed by atoms with van der Waals surface area (Å²) in [6.45, 7) is 1.45. The van der Waals surface area contributed by atoms with E-state index in [0.717, 1.165) is 0 Å². The van der Waals surface area contributed by atoms with Crippen LogP contribution in [0.4, 0.5) is 13.2 Å². The van der Waals surface area contributed by atoms with Gasteiger partial charge >= 0.3 is 12.1 Å². The van der Waals surface area contributed by atoms with E-state index in [9.17, 15) is 18.0 Å². The molecule has 0 aliphatic heterocycles. The fourth-order valence-electron chi connectivity index (χ4n) is 1.32. The molecule has 0 saturated carbocycles. The maximum absolute atomic E-state index is 12.0. The van der Waals surface area contributed by atoms with E-state index < -0.39 is 24.6 Å². The Morgan fingerprint density at radius 3 is 2.53 bits per heavy atom. The topological polar surface area (TPSA) is 59.4 Å². The fourth-order valence-corrected chi connectivity index (χ4v) is 1.32. The van der Waals surface area contributed by atoms with Crippen LogP contribution in [0.15, 0.2) is 6.07 Å². The quantitative estimate of drug-likeness (QED) is 0.893. The van der Waals surface area contributed by atoms with Crippen molar-refractivity contribution in [1.29, 1.82) is 0 Å². The van der Waals surface area contributed by atoms with Crippen LogP contribution in [0.1, 0.15) is 21.6 Å². The van der Waals surface area contributed by atoms with Gasteiger partial charge in [-0.05, 0) is 25.5 Å². The molecule has 0 bridgehead atoms. The number of ether oxygens (including phenoxy) is 1. The van der Waals surface area contributed by atoms with Gasteiger partial charge in [-0.3, -0.25) is 0 Å². The molecule has 1 N–H and O–H groups in total. The first kappa shape index (κ1) is 13.3. The summed E-state index contributed by atoms with van der Waals surface area (Å²) in [6, 6.07) is 1.46. The van der Waals surface area contributed by atoms with Crippen molar-refractivity contribution >= 4 is 5.97 Å². The molecule has 0 amide bonds. The van der Waals surface area contributed by atoms with Crippen molar-refractivity contribution in [3.63, 3.8) is 0 Å². The van der Waals surface area contributed by atoms with Crippen LogP contribution >= 0.6 is 0 Å². The number of halogens is 3. The molecule has 1 rings (SSSR count). The summed E-state index contributed by atoms with van der Waals surface area (Å²) in [5, 5.41) is 8.87. The molecule has 1 aromatic rings. The van der Waals surface area contributed by atoms with E-state index in [-0.39, 0.29) is 5.56 Å². The van der Waals surface area contributed by atoms with E-state index in [0.29, 0.717) is 11.3 Å². The van der Waals surface area contributed by atoms with Crippen LogP contribution in [-0.4, -0.2) is 28.8 Å². The van der Waals surface area contributed by atoms with Crippen LogP contribution < -0.4 is 4.74 Å². The molecular formula is C10H10F3NO3. The largest absolute Gasteiger partial charge is 0.477 e. The van der Waals surface area contributed by atoms with Crippen LogP contribution in [0.3, 0.4) is 0 Å². The second-order valence-corrected chi connectivity index (χ2v) is 3.47. The third-order valence-corrected chi connectivity index (χ3v) is 1.90. The van der Waals surface area contributed by atoms with E-state index >= 15 is 0 Å². The Hall–Kier alpha value is -1.79. The molecule has 7 heteroatoms. The molecule has 94 valence electrons. The van der Waals surface area contributed by atoms with Crippen LogP contribution in [0.5, 0.6) is 5.88 Å². The standard InChI is InChI=1S/C10H10F3NO3/c1-5-3-6(2)14-8(7(5)9(15)16)17-4-10(11,12)13/h3H,4H2,1-2H3,(H,15,16). The molecule has 0 saturated heterocycles. The van der Waals surface area contributed by atoms with Gasteiger partial charge in [-0.15, -0.1) is 0 Å². The maximum Gasteiger partial charge on any atom is 0.422 e. The molecule has 0 fully saturated rings. The summed E-state index contributed by atoms with van der Waals surface area (Å²) in [5.74, 6) is -1.88. The van der Waals surface area contributed by atoms with Gasteiger partial charge in [0.1, 0.15) is 5.56 Å². The van der Waals surface area contributed by atoms with Crippen molar-refractivity contribution in [3.8, 4) is 5.88 Å². The van der Waals surface area contributed by atoms with E-state index in [1.54, 1.807) is 6.92 Å². The molecule has 17 heavy (non-hydrogen) atoms. The van der Waals surface area contributed by atoms with E-state index in [4.69, 9.17) is 5.11 Å². The average molecular weight is 249 g/mol. The van der Waals surface area contributed by atoms with E-state index in [1.165, 1.54) is 13.0 Å². The van der Waals surface area contributed by atoms with Crippen molar-refractivity contribution in [2.75, 3.05) is 6.61 Å². The first-order valence-electron chi connectivity index (χ1n) is 4.62. The van der Waals surface area contributed by atoms with Gasteiger partial charge in [0.2, 0.25) is 5.88 Å². The Bertz CT molecular complexity index is 443. The molecule has 0 atom stereocenters. The highest BCUT2D eigenvalue weighted by Crippen LogP contribution is 2.23.